The van der Waals surface area contributed by atoms with Crippen LogP contribution in [0.2, 0.25) is 10.0 Å². The third-order valence-corrected chi connectivity index (χ3v) is 4.48. The summed E-state index contributed by atoms with van der Waals surface area (Å²) in [4.78, 5) is 14.2. The average Bonchev–Trinajstić information content (AvgIpc) is 2.62. The molecule has 7 heteroatoms. The van der Waals surface area contributed by atoms with Gasteiger partial charge in [0.15, 0.2) is 0 Å². The highest BCUT2D eigenvalue weighted by Gasteiger charge is 2.10. The Labute approximate surface area is 163 Å². The molecule has 0 saturated heterocycles. The van der Waals surface area contributed by atoms with Gasteiger partial charge < -0.3 is 10.0 Å². The van der Waals surface area contributed by atoms with E-state index < -0.39 is 5.91 Å². The van der Waals surface area contributed by atoms with Crippen molar-refractivity contribution in [3.63, 3.8) is 0 Å². The number of carbonyl (C=O) groups excluding carboxylic acids is 1. The summed E-state index contributed by atoms with van der Waals surface area (Å²) in [5.41, 5.74) is 5.65. The summed E-state index contributed by atoms with van der Waals surface area (Å²) in [5.74, 6) is -0.428. The first kappa shape index (κ1) is 20.2. The van der Waals surface area contributed by atoms with Crippen molar-refractivity contribution in [3.05, 3.63) is 63.1 Å². The second kappa shape index (κ2) is 9.57. The van der Waals surface area contributed by atoms with Crippen LogP contribution in [0.25, 0.3) is 0 Å². The monoisotopic (exact) mass is 393 g/mol. The standard InChI is InChI=1S/C19H21Cl2N3O2/c1-3-24(8-9-25)16-6-4-14(13(2)10-16)12-22-23-19(26)17-11-15(20)5-7-18(17)21/h4-7,10-12,25H,3,8-9H2,1-2H3,(H,23,26)/b22-12-. The first-order valence-electron chi connectivity index (χ1n) is 8.21. The van der Waals surface area contributed by atoms with E-state index in [4.69, 9.17) is 28.3 Å². The molecule has 0 aliphatic rings. The highest BCUT2D eigenvalue weighted by Crippen LogP contribution is 2.21. The minimum Gasteiger partial charge on any atom is -0.395 e. The van der Waals surface area contributed by atoms with Crippen molar-refractivity contribution in [2.75, 3.05) is 24.6 Å². The van der Waals surface area contributed by atoms with E-state index in [0.717, 1.165) is 23.4 Å². The number of nitrogens with one attached hydrogen (secondary N) is 1. The number of hydrogen-bond acceptors (Lipinski definition) is 4. The van der Waals surface area contributed by atoms with Gasteiger partial charge in [-0.2, -0.15) is 5.10 Å². The fourth-order valence-electron chi connectivity index (χ4n) is 2.48. The van der Waals surface area contributed by atoms with Crippen molar-refractivity contribution in [1.29, 1.82) is 0 Å². The molecule has 2 aromatic rings. The van der Waals surface area contributed by atoms with Crippen LogP contribution in [0.5, 0.6) is 0 Å². The van der Waals surface area contributed by atoms with Gasteiger partial charge in [0.05, 0.1) is 23.4 Å². The summed E-state index contributed by atoms with van der Waals surface area (Å²) in [6, 6.07) is 10.6. The molecule has 2 N–H and O–H groups in total. The zero-order chi connectivity index (χ0) is 19.1. The zero-order valence-corrected chi connectivity index (χ0v) is 16.2. The SMILES string of the molecule is CCN(CCO)c1ccc(/C=N\NC(=O)c2cc(Cl)ccc2Cl)c(C)c1. The summed E-state index contributed by atoms with van der Waals surface area (Å²) in [7, 11) is 0. The topological polar surface area (TPSA) is 64.9 Å². The first-order chi connectivity index (χ1) is 12.5. The van der Waals surface area contributed by atoms with Gasteiger partial charge in [0.2, 0.25) is 0 Å². The summed E-state index contributed by atoms with van der Waals surface area (Å²) in [5, 5.41) is 13.9. The molecule has 5 nitrogen and oxygen atoms in total. The van der Waals surface area contributed by atoms with Crippen molar-refractivity contribution in [2.45, 2.75) is 13.8 Å². The Kier molecular flexibility index (Phi) is 7.45. The third-order valence-electron chi connectivity index (χ3n) is 3.91. The van der Waals surface area contributed by atoms with E-state index in [1.54, 1.807) is 18.3 Å². The number of aliphatic hydroxyl groups is 1. The van der Waals surface area contributed by atoms with Crippen LogP contribution < -0.4 is 10.3 Å². The van der Waals surface area contributed by atoms with E-state index in [2.05, 4.69) is 15.4 Å². The fraction of sp³-hybridized carbons (Fsp3) is 0.263. The number of aryl methyl sites for hydroxylation is 1. The second-order valence-corrected chi connectivity index (χ2v) is 6.51. The average molecular weight is 394 g/mol. The molecular weight excluding hydrogens is 373 g/mol. The molecule has 0 unspecified atom stereocenters. The number of anilines is 1. The van der Waals surface area contributed by atoms with Crippen LogP contribution in [0, 0.1) is 6.92 Å². The minimum atomic E-state index is -0.428. The van der Waals surface area contributed by atoms with Crippen LogP contribution in [0.4, 0.5) is 5.69 Å². The molecule has 2 rings (SSSR count). The quantitative estimate of drug-likeness (QED) is 0.553. The molecule has 0 fully saturated rings. The molecule has 1 amide bonds. The number of rotatable bonds is 7. The van der Waals surface area contributed by atoms with Crippen molar-refractivity contribution in [2.24, 2.45) is 5.10 Å². The molecule has 0 spiro atoms. The summed E-state index contributed by atoms with van der Waals surface area (Å²) >= 11 is 11.9. The number of benzene rings is 2. The molecule has 138 valence electrons. The molecule has 2 aromatic carbocycles. The Morgan fingerprint density at radius 2 is 2.04 bits per heavy atom. The van der Waals surface area contributed by atoms with Crippen molar-refractivity contribution in [1.82, 2.24) is 5.43 Å². The highest BCUT2D eigenvalue weighted by atomic mass is 35.5. The number of hydrazone groups is 1. The molecule has 0 aliphatic heterocycles. The van der Waals surface area contributed by atoms with Crippen LogP contribution in [0.1, 0.15) is 28.4 Å². The van der Waals surface area contributed by atoms with Gasteiger partial charge in [0.1, 0.15) is 0 Å². The smallest absolute Gasteiger partial charge is 0.272 e. The maximum atomic E-state index is 12.1. The first-order valence-corrected chi connectivity index (χ1v) is 8.96. The minimum absolute atomic E-state index is 0.105. The lowest BCUT2D eigenvalue weighted by atomic mass is 10.1. The van der Waals surface area contributed by atoms with Crippen LogP contribution in [0.15, 0.2) is 41.5 Å². The van der Waals surface area contributed by atoms with Gasteiger partial charge in [-0.1, -0.05) is 29.3 Å². The highest BCUT2D eigenvalue weighted by molar-refractivity contribution is 6.35. The second-order valence-electron chi connectivity index (χ2n) is 5.67. The molecular formula is C19H21Cl2N3O2. The Morgan fingerprint density at radius 1 is 1.27 bits per heavy atom. The van der Waals surface area contributed by atoms with Crippen molar-refractivity contribution in [3.8, 4) is 0 Å². The Balaban J connectivity index is 2.08. The van der Waals surface area contributed by atoms with Crippen LogP contribution >= 0.6 is 23.2 Å². The number of likely N-dealkylation sites (N-methyl/N-ethyl adjacent to an activating group) is 1. The Morgan fingerprint density at radius 3 is 2.69 bits per heavy atom. The molecule has 0 saturated carbocycles. The van der Waals surface area contributed by atoms with Gasteiger partial charge in [-0.25, -0.2) is 5.43 Å². The van der Waals surface area contributed by atoms with Gasteiger partial charge in [0, 0.05) is 23.8 Å². The van der Waals surface area contributed by atoms with Gasteiger partial charge in [-0.15, -0.1) is 0 Å². The van der Waals surface area contributed by atoms with E-state index >= 15 is 0 Å². The van der Waals surface area contributed by atoms with Gasteiger partial charge in [-0.3, -0.25) is 4.79 Å². The summed E-state index contributed by atoms with van der Waals surface area (Å²) in [6.07, 6.45) is 1.58. The molecule has 0 heterocycles. The number of halogens is 2. The number of aliphatic hydroxyl groups excluding tert-OH is 1. The van der Waals surface area contributed by atoms with E-state index in [1.807, 2.05) is 32.0 Å². The van der Waals surface area contributed by atoms with Gasteiger partial charge >= 0.3 is 0 Å². The predicted molar refractivity (Wildman–Crippen MR) is 108 cm³/mol. The molecule has 0 atom stereocenters. The molecule has 26 heavy (non-hydrogen) atoms. The Hall–Kier alpha value is -2.08. The number of hydrogen-bond donors (Lipinski definition) is 2. The zero-order valence-electron chi connectivity index (χ0n) is 14.7. The normalized spacial score (nSPS) is 11.0. The number of amides is 1. The lowest BCUT2D eigenvalue weighted by molar-refractivity contribution is 0.0955. The van der Waals surface area contributed by atoms with Crippen LogP contribution in [-0.4, -0.2) is 36.9 Å². The van der Waals surface area contributed by atoms with Crippen molar-refractivity contribution < 1.29 is 9.90 Å². The fourth-order valence-corrected chi connectivity index (χ4v) is 2.86. The maximum absolute atomic E-state index is 12.1. The number of carbonyl (C=O) groups is 1. The summed E-state index contributed by atoms with van der Waals surface area (Å²) < 4.78 is 0. The lowest BCUT2D eigenvalue weighted by Crippen LogP contribution is -2.26. The van der Waals surface area contributed by atoms with Crippen LogP contribution in [0.3, 0.4) is 0 Å². The molecule has 0 radical (unpaired) electrons. The molecule has 0 bridgehead atoms. The van der Waals surface area contributed by atoms with E-state index in [9.17, 15) is 4.79 Å². The predicted octanol–water partition coefficient (Wildman–Crippen LogP) is 3.88. The summed E-state index contributed by atoms with van der Waals surface area (Å²) in [6.45, 7) is 5.50. The van der Waals surface area contributed by atoms with E-state index in [0.29, 0.717) is 16.6 Å². The van der Waals surface area contributed by atoms with Gasteiger partial charge in [-0.05, 0) is 55.3 Å². The largest absolute Gasteiger partial charge is 0.395 e. The number of nitrogens with zero attached hydrogens (tertiary/aromatic N) is 2. The van der Waals surface area contributed by atoms with E-state index in [-0.39, 0.29) is 12.2 Å². The third kappa shape index (κ3) is 5.21. The lowest BCUT2D eigenvalue weighted by Gasteiger charge is -2.22. The molecule has 0 aliphatic carbocycles. The molecule has 0 aromatic heterocycles. The Bertz CT molecular complexity index is 809. The van der Waals surface area contributed by atoms with E-state index in [1.165, 1.54) is 6.07 Å². The van der Waals surface area contributed by atoms with Gasteiger partial charge in [0.25, 0.3) is 5.91 Å². The maximum Gasteiger partial charge on any atom is 0.272 e. The van der Waals surface area contributed by atoms with Crippen LogP contribution in [-0.2, 0) is 0 Å². The van der Waals surface area contributed by atoms with Crippen molar-refractivity contribution >= 4 is 41.0 Å².